The second-order valence-corrected chi connectivity index (χ2v) is 6.27. The fraction of sp³-hybridized carbons (Fsp3) is 0.190. The normalized spacial score (nSPS) is 14.4. The second kappa shape index (κ2) is 7.06. The van der Waals surface area contributed by atoms with Gasteiger partial charge in [0.25, 0.3) is 0 Å². The smallest absolute Gasteiger partial charge is 0.354 e. The first-order valence-corrected chi connectivity index (χ1v) is 8.67. The lowest BCUT2D eigenvalue weighted by Gasteiger charge is -2.29. The third-order valence-electron chi connectivity index (χ3n) is 4.70. The number of carboxylic acid groups (broad SMARTS) is 1. The molecule has 1 aromatic heterocycles. The Kier molecular flexibility index (Phi) is 4.46. The molecule has 0 bridgehead atoms. The highest BCUT2D eigenvalue weighted by atomic mass is 16.5. The van der Waals surface area contributed by atoms with Crippen molar-refractivity contribution in [1.29, 1.82) is 0 Å². The number of carbonyl (C=O) groups is 1. The molecule has 0 unspecified atom stereocenters. The number of benzene rings is 2. The number of ether oxygens (including phenoxy) is 1. The third-order valence-corrected chi connectivity index (χ3v) is 4.70. The van der Waals surface area contributed by atoms with E-state index in [0.29, 0.717) is 26.3 Å². The van der Waals surface area contributed by atoms with Gasteiger partial charge in [-0.3, -0.25) is 0 Å². The van der Waals surface area contributed by atoms with Gasteiger partial charge in [-0.1, -0.05) is 54.6 Å². The predicted molar refractivity (Wildman–Crippen MR) is 102 cm³/mol. The van der Waals surface area contributed by atoms with Gasteiger partial charge in [-0.2, -0.15) is 0 Å². The molecule has 4 rings (SSSR count). The monoisotopic (exact) mass is 348 g/mol. The Morgan fingerprint density at radius 2 is 1.54 bits per heavy atom. The number of anilines is 1. The molecule has 1 fully saturated rings. The van der Waals surface area contributed by atoms with Gasteiger partial charge in [0.2, 0.25) is 0 Å². The Labute approximate surface area is 151 Å². The summed E-state index contributed by atoms with van der Waals surface area (Å²) in [5, 5.41) is 9.56. The molecule has 1 aliphatic rings. The summed E-state index contributed by atoms with van der Waals surface area (Å²) in [6, 6.07) is 18.4. The Morgan fingerprint density at radius 3 is 2.19 bits per heavy atom. The average Bonchev–Trinajstić information content (AvgIpc) is 3.15. The number of hydrogen-bond donors (Lipinski definition) is 2. The number of aromatic carboxylic acids is 1. The lowest BCUT2D eigenvalue weighted by atomic mass is 10.0. The zero-order valence-electron chi connectivity index (χ0n) is 14.3. The molecular formula is C21H20N2O3. The first-order valence-electron chi connectivity index (χ1n) is 8.67. The summed E-state index contributed by atoms with van der Waals surface area (Å²) < 4.78 is 5.41. The van der Waals surface area contributed by atoms with E-state index >= 15 is 0 Å². The lowest BCUT2D eigenvalue weighted by Crippen LogP contribution is -2.37. The zero-order chi connectivity index (χ0) is 17.9. The number of carboxylic acids is 1. The SMILES string of the molecule is O=C(O)c1[nH]cc(-c2ccc(-c3ccccc3)cc2)c1N1CCOCC1. The molecule has 0 atom stereocenters. The van der Waals surface area contributed by atoms with Crippen LogP contribution in [0.4, 0.5) is 5.69 Å². The first kappa shape index (κ1) is 16.4. The van der Waals surface area contributed by atoms with Crippen molar-refractivity contribution < 1.29 is 14.6 Å². The molecule has 0 amide bonds. The molecule has 3 aromatic rings. The number of rotatable bonds is 4. The van der Waals surface area contributed by atoms with E-state index in [1.807, 2.05) is 30.3 Å². The van der Waals surface area contributed by atoms with E-state index in [1.165, 1.54) is 0 Å². The molecule has 0 saturated carbocycles. The molecular weight excluding hydrogens is 328 g/mol. The van der Waals surface area contributed by atoms with Crippen LogP contribution in [0.2, 0.25) is 0 Å². The van der Waals surface area contributed by atoms with E-state index in [4.69, 9.17) is 4.74 Å². The second-order valence-electron chi connectivity index (χ2n) is 6.27. The highest BCUT2D eigenvalue weighted by Gasteiger charge is 2.24. The summed E-state index contributed by atoms with van der Waals surface area (Å²) in [4.78, 5) is 16.7. The van der Waals surface area contributed by atoms with Crippen LogP contribution in [0.5, 0.6) is 0 Å². The summed E-state index contributed by atoms with van der Waals surface area (Å²) in [7, 11) is 0. The molecule has 0 spiro atoms. The maximum absolute atomic E-state index is 11.7. The van der Waals surface area contributed by atoms with Crippen LogP contribution in [0.15, 0.2) is 60.8 Å². The van der Waals surface area contributed by atoms with Gasteiger partial charge < -0.3 is 19.7 Å². The van der Waals surface area contributed by atoms with Crippen LogP contribution < -0.4 is 4.90 Å². The van der Waals surface area contributed by atoms with E-state index in [1.54, 1.807) is 6.20 Å². The number of H-pyrrole nitrogens is 1. The van der Waals surface area contributed by atoms with Crippen LogP contribution >= 0.6 is 0 Å². The summed E-state index contributed by atoms with van der Waals surface area (Å²) >= 11 is 0. The lowest BCUT2D eigenvalue weighted by molar-refractivity contribution is 0.0690. The van der Waals surface area contributed by atoms with Gasteiger partial charge in [0.05, 0.1) is 18.9 Å². The van der Waals surface area contributed by atoms with Gasteiger partial charge in [-0.05, 0) is 16.7 Å². The average molecular weight is 348 g/mol. The molecule has 0 aliphatic carbocycles. The summed E-state index contributed by atoms with van der Waals surface area (Å²) in [6.07, 6.45) is 1.78. The number of aromatic amines is 1. The fourth-order valence-corrected chi connectivity index (χ4v) is 3.39. The number of nitrogens with one attached hydrogen (secondary N) is 1. The van der Waals surface area contributed by atoms with E-state index in [9.17, 15) is 9.90 Å². The molecule has 1 saturated heterocycles. The molecule has 5 nitrogen and oxygen atoms in total. The van der Waals surface area contributed by atoms with Crippen molar-refractivity contribution in [3.63, 3.8) is 0 Å². The molecule has 0 radical (unpaired) electrons. The minimum atomic E-state index is -0.946. The van der Waals surface area contributed by atoms with Crippen molar-refractivity contribution in [3.05, 3.63) is 66.5 Å². The van der Waals surface area contributed by atoms with Crippen molar-refractivity contribution in [2.45, 2.75) is 0 Å². The Hall–Kier alpha value is -3.05. The highest BCUT2D eigenvalue weighted by molar-refractivity contribution is 5.98. The van der Waals surface area contributed by atoms with E-state index < -0.39 is 5.97 Å². The first-order chi connectivity index (χ1) is 12.7. The number of aromatic nitrogens is 1. The highest BCUT2D eigenvalue weighted by Crippen LogP contribution is 2.35. The van der Waals surface area contributed by atoms with E-state index in [2.05, 4.69) is 34.1 Å². The largest absolute Gasteiger partial charge is 0.477 e. The Balaban J connectivity index is 1.72. The molecule has 2 aromatic carbocycles. The van der Waals surface area contributed by atoms with Crippen LogP contribution in [-0.4, -0.2) is 42.4 Å². The third kappa shape index (κ3) is 3.09. The van der Waals surface area contributed by atoms with Crippen LogP contribution in [-0.2, 0) is 4.74 Å². The molecule has 2 N–H and O–H groups in total. The molecule has 26 heavy (non-hydrogen) atoms. The summed E-state index contributed by atoms with van der Waals surface area (Å²) in [6.45, 7) is 2.59. The van der Waals surface area contributed by atoms with Crippen molar-refractivity contribution in [2.24, 2.45) is 0 Å². The van der Waals surface area contributed by atoms with Gasteiger partial charge in [-0.25, -0.2) is 4.79 Å². The standard InChI is InChI=1S/C21H20N2O3/c24-21(25)19-20(23-10-12-26-13-11-23)18(14-22-19)17-8-6-16(7-9-17)15-4-2-1-3-5-15/h1-9,14,22H,10-13H2,(H,24,25). The van der Waals surface area contributed by atoms with Crippen LogP contribution in [0.1, 0.15) is 10.5 Å². The molecule has 132 valence electrons. The predicted octanol–water partition coefficient (Wildman–Crippen LogP) is 3.88. The summed E-state index contributed by atoms with van der Waals surface area (Å²) in [5.74, 6) is -0.946. The number of morpholine rings is 1. The molecule has 1 aliphatic heterocycles. The van der Waals surface area contributed by atoms with Crippen molar-refractivity contribution >= 4 is 11.7 Å². The van der Waals surface area contributed by atoms with Crippen molar-refractivity contribution in [2.75, 3.05) is 31.2 Å². The minimum absolute atomic E-state index is 0.231. The van der Waals surface area contributed by atoms with Crippen LogP contribution in [0.3, 0.4) is 0 Å². The minimum Gasteiger partial charge on any atom is -0.477 e. The van der Waals surface area contributed by atoms with Crippen LogP contribution in [0, 0.1) is 0 Å². The number of hydrogen-bond acceptors (Lipinski definition) is 3. The maximum atomic E-state index is 11.7. The quantitative estimate of drug-likeness (QED) is 0.751. The Morgan fingerprint density at radius 1 is 0.923 bits per heavy atom. The van der Waals surface area contributed by atoms with Gasteiger partial charge in [0.1, 0.15) is 5.69 Å². The topological polar surface area (TPSA) is 65.6 Å². The van der Waals surface area contributed by atoms with Gasteiger partial charge in [0.15, 0.2) is 0 Å². The van der Waals surface area contributed by atoms with E-state index in [-0.39, 0.29) is 5.69 Å². The molecule has 5 heteroatoms. The summed E-state index contributed by atoms with van der Waals surface area (Å²) in [5.41, 5.74) is 5.17. The van der Waals surface area contributed by atoms with Gasteiger partial charge in [-0.15, -0.1) is 0 Å². The van der Waals surface area contributed by atoms with E-state index in [0.717, 1.165) is 27.9 Å². The van der Waals surface area contributed by atoms with Crippen molar-refractivity contribution in [1.82, 2.24) is 4.98 Å². The van der Waals surface area contributed by atoms with Crippen molar-refractivity contribution in [3.8, 4) is 22.3 Å². The molecule has 2 heterocycles. The van der Waals surface area contributed by atoms with Gasteiger partial charge in [0, 0.05) is 24.8 Å². The maximum Gasteiger partial charge on any atom is 0.354 e. The van der Waals surface area contributed by atoms with Crippen LogP contribution in [0.25, 0.3) is 22.3 Å². The fourth-order valence-electron chi connectivity index (χ4n) is 3.39. The zero-order valence-corrected chi connectivity index (χ0v) is 14.3. The van der Waals surface area contributed by atoms with Gasteiger partial charge >= 0.3 is 5.97 Å². The Bertz CT molecular complexity index is 895. The number of nitrogens with zero attached hydrogens (tertiary/aromatic N) is 1.